The lowest BCUT2D eigenvalue weighted by atomic mass is 9.91. The molecule has 25 heteroatoms. The number of carbonyl (C=O) groups excluding carboxylic acids is 8. The quantitative estimate of drug-likeness (QED) is 0.0191. The van der Waals surface area contributed by atoms with Crippen LogP contribution in [0, 0.1) is 28.1 Å². The first-order chi connectivity index (χ1) is 44.4. The van der Waals surface area contributed by atoms with Crippen LogP contribution >= 0.6 is 0 Å². The van der Waals surface area contributed by atoms with Gasteiger partial charge in [0.15, 0.2) is 13.2 Å². The number of nitrogens with one attached hydrogen (secondary N) is 2. The van der Waals surface area contributed by atoms with Crippen LogP contribution in [-0.2, 0) is 76.3 Å². The first kappa shape index (κ1) is 107. The molecule has 0 saturated carbocycles. The van der Waals surface area contributed by atoms with Crippen LogP contribution in [0.1, 0.15) is 244 Å². The van der Waals surface area contributed by atoms with Gasteiger partial charge in [0, 0.05) is 54.0 Å². The highest BCUT2D eigenvalue weighted by molar-refractivity contribution is 5.87. The summed E-state index contributed by atoms with van der Waals surface area (Å²) in [5.41, 5.74) is -0.534. The first-order valence-electron chi connectivity index (χ1n) is 34.1. The Balaban J connectivity index is -0.000000173. The number of unbranched alkanes of at least 4 members (excludes halogenated alkanes) is 2. The van der Waals surface area contributed by atoms with E-state index in [4.69, 9.17) is 48.1 Å². The van der Waals surface area contributed by atoms with Crippen molar-refractivity contribution in [1.82, 2.24) is 20.4 Å². The van der Waals surface area contributed by atoms with Crippen molar-refractivity contribution < 1.29 is 96.1 Å². The summed E-state index contributed by atoms with van der Waals surface area (Å²) in [6, 6.07) is 1.89. The molecule has 578 valence electrons. The number of carboxylic acid groups (broad SMARTS) is 2. The number of carboxylic acids is 2. The molecule has 0 bridgehead atoms. The topological polar surface area (TPSA) is 349 Å². The number of carbonyl (C=O) groups is 10. The van der Waals surface area contributed by atoms with Crippen LogP contribution in [0.4, 0.5) is 9.59 Å². The van der Waals surface area contributed by atoms with Gasteiger partial charge >= 0.3 is 59.9 Å². The Kier molecular flexibility index (Phi) is 68.6. The summed E-state index contributed by atoms with van der Waals surface area (Å²) in [5, 5.41) is 21.1. The molecule has 0 heterocycles. The van der Waals surface area contributed by atoms with Gasteiger partial charge in [0.25, 0.3) is 0 Å². The minimum atomic E-state index is -0.935. The number of nitrogens with two attached hydrogens (primary N) is 1. The van der Waals surface area contributed by atoms with Crippen molar-refractivity contribution in [1.29, 1.82) is 0 Å². The van der Waals surface area contributed by atoms with Gasteiger partial charge in [-0.3, -0.25) is 24.2 Å². The van der Waals surface area contributed by atoms with Crippen LogP contribution in [0.25, 0.3) is 6.15 Å². The second kappa shape index (κ2) is 62.6. The Morgan fingerprint density at radius 3 is 0.969 bits per heavy atom. The van der Waals surface area contributed by atoms with Crippen molar-refractivity contribution in [2.24, 2.45) is 28.1 Å². The monoisotopic (exact) mass is 1410 g/mol. The molecule has 0 saturated heterocycles. The third-order valence-electron chi connectivity index (χ3n) is 15.1. The number of alkyl carbamates (subject to hydrolysis) is 2. The summed E-state index contributed by atoms with van der Waals surface area (Å²) in [7, 11) is 0. The fourth-order valence-corrected chi connectivity index (χ4v) is 7.04. The number of esters is 6. The van der Waals surface area contributed by atoms with E-state index in [9.17, 15) is 47.9 Å². The highest BCUT2D eigenvalue weighted by Crippen LogP contribution is 2.23. The molecule has 0 rings (SSSR count). The molecule has 0 aliphatic heterocycles. The number of hydrogen-bond acceptors (Lipinski definition) is 20. The van der Waals surface area contributed by atoms with Crippen LogP contribution in [-0.4, -0.2) is 183 Å². The number of ether oxygens (including phenoxy) is 8. The summed E-state index contributed by atoms with van der Waals surface area (Å²) in [6.45, 7) is 59.6. The number of amides is 2. The Morgan fingerprint density at radius 2 is 0.724 bits per heavy atom. The maximum absolute atomic E-state index is 11.8. The molecule has 98 heavy (non-hydrogen) atoms. The molecule has 0 aliphatic carbocycles. The Labute approximate surface area is 592 Å². The summed E-state index contributed by atoms with van der Waals surface area (Å²) in [5.74, 6) is -3.35. The Morgan fingerprint density at radius 1 is 0.439 bits per heavy atom. The predicted octanol–water partition coefficient (Wildman–Crippen LogP) is 14.9. The van der Waals surface area contributed by atoms with E-state index in [-0.39, 0.29) is 74.3 Å². The minimum absolute atomic E-state index is 0. The third kappa shape index (κ3) is 61.7. The molecule has 2 atom stereocenters. The normalized spacial score (nSPS) is 11.3. The van der Waals surface area contributed by atoms with Gasteiger partial charge < -0.3 is 64.9 Å². The Bertz CT molecular complexity index is 2220. The van der Waals surface area contributed by atoms with Gasteiger partial charge in [-0.1, -0.05) is 114 Å². The number of hydrogen-bond donors (Lipinski definition) is 4. The van der Waals surface area contributed by atoms with E-state index in [0.717, 1.165) is 70.9 Å². The predicted molar refractivity (Wildman–Crippen MR) is 389 cm³/mol. The lowest BCUT2D eigenvalue weighted by Gasteiger charge is -2.30. The second-order valence-corrected chi connectivity index (χ2v) is 26.3. The molecule has 0 fully saturated rings. The first-order valence-corrected chi connectivity index (χ1v) is 34.1. The third-order valence-corrected chi connectivity index (χ3v) is 15.1. The fraction of sp³-hybridized carbons (Fsp3) is 0.781. The summed E-state index contributed by atoms with van der Waals surface area (Å²) < 4.78 is 40.0. The molecule has 0 aliphatic rings. The molecule has 0 spiro atoms. The maximum atomic E-state index is 11.8. The van der Waals surface area contributed by atoms with Crippen LogP contribution in [0.15, 0.2) is 36.5 Å². The van der Waals surface area contributed by atoms with Crippen LogP contribution in [0.2, 0.25) is 0 Å². The molecule has 25 nitrogen and oxygen atoms in total. The van der Waals surface area contributed by atoms with Crippen LogP contribution in [0.3, 0.4) is 0 Å². The van der Waals surface area contributed by atoms with Crippen molar-refractivity contribution in [2.45, 2.75) is 268 Å². The van der Waals surface area contributed by atoms with E-state index in [2.05, 4.69) is 123 Å². The fourth-order valence-electron chi connectivity index (χ4n) is 7.04. The van der Waals surface area contributed by atoms with E-state index in [1.54, 1.807) is 34.6 Å². The highest BCUT2D eigenvalue weighted by atomic mass is 16.6. The van der Waals surface area contributed by atoms with Gasteiger partial charge in [0.05, 0.1) is 42.5 Å². The zero-order chi connectivity index (χ0) is 76.0. The summed E-state index contributed by atoms with van der Waals surface area (Å²) in [6.07, 6.45) is 9.00. The molecule has 0 aromatic rings. The highest BCUT2D eigenvalue weighted by Gasteiger charge is 2.29. The minimum Gasteiger partial charge on any atom is -0.693 e. The van der Waals surface area contributed by atoms with E-state index < -0.39 is 66.1 Å². The molecule has 0 aromatic heterocycles. The number of nitrogens with zero attached hydrogens (tertiary/aromatic N) is 2. The van der Waals surface area contributed by atoms with Crippen LogP contribution < -0.4 is 10.6 Å². The van der Waals surface area contributed by atoms with Crippen LogP contribution in [0.5, 0.6) is 0 Å². The van der Waals surface area contributed by atoms with Gasteiger partial charge in [0.1, 0.15) is 26.4 Å². The molecular weight excluding hydrogens is 1270 g/mol. The molecular formula is C73H140N5O20-. The zero-order valence-electron chi connectivity index (χ0n) is 64.6. The zero-order valence-corrected chi connectivity index (χ0v) is 64.6. The van der Waals surface area contributed by atoms with E-state index in [1.807, 2.05) is 34.6 Å². The summed E-state index contributed by atoms with van der Waals surface area (Å²) >= 11 is 0. The Hall–Kier alpha value is -6.60. The molecule has 2 unspecified atom stereocenters. The van der Waals surface area contributed by atoms with E-state index >= 15 is 0 Å². The van der Waals surface area contributed by atoms with Gasteiger partial charge in [0.2, 0.25) is 0 Å². The average molecular weight is 1410 g/mol. The average Bonchev–Trinajstić information content (AvgIpc) is 1.27. The maximum Gasteiger partial charge on any atom is 0.407 e. The number of aliphatic carboxylic acids is 2. The SMILES string of the molecule is C.C=C(C)C(=O)O.C=C(C)C(=O)OCCN(C(C)C)C(C)C.C=C(C)C(=O)OCCNC(=O)OCC(=O)OCC(CC)CCCC.CCC(C)(C)C(=O)O.CCC(C)(C)C(=O)OCCN(C(C)C)C(C)C.CCCCC(CC)COC(=O)COC(=O)NCCOC(=O)C(C)(C)CC.[NH2-]. The molecule has 6 N–H and O–H groups in total. The lowest BCUT2D eigenvalue weighted by molar-refractivity contribution is -0.155. The molecule has 0 radical (unpaired) electrons. The van der Waals surface area contributed by atoms with E-state index in [0.29, 0.717) is 80.8 Å². The van der Waals surface area contributed by atoms with Gasteiger partial charge in [-0.2, -0.15) is 0 Å². The van der Waals surface area contributed by atoms with E-state index in [1.165, 1.54) is 13.8 Å². The second-order valence-electron chi connectivity index (χ2n) is 26.3. The largest absolute Gasteiger partial charge is 0.693 e. The van der Waals surface area contributed by atoms with Gasteiger partial charge in [-0.15, -0.1) is 0 Å². The molecule has 2 amide bonds. The van der Waals surface area contributed by atoms with Crippen molar-refractivity contribution in [3.63, 3.8) is 0 Å². The standard InChI is InChI=1S/C19H35NO6.C17H29NO6.C14H29NO2.C12H23NO2.C6H12O2.C4H6O2.CH4.H2N/c1-6-9-10-15(7-2)13-25-16(21)14-26-18(23)20-11-12-24-17(22)19(4,5)8-3;1-5-7-8-14(6-2)11-23-15(19)12-24-17(21)18-9-10-22-16(20)13(3)4;1-8-14(6,7)13(16)17-10-9-15(11(2)3)12(4)5;1-9(2)12(14)15-8-7-13(10(3)4)11(5)6;1-4-6(2,3)5(7)8;1-3(2)4(5)6;;/h15H,6-14H2,1-5H3,(H,20,23);14H,3,5-12H2,1-2,4H3,(H,18,21);11-12H,8-10H2,1-7H3;10-11H,1,7-8H2,2-6H3;4H2,1-3H3,(H,7,8);1H2,2H3,(H,5,6);1H4;1H2/q;;;;;;;-1. The van der Waals surface area contributed by atoms with Crippen molar-refractivity contribution in [3.8, 4) is 0 Å². The van der Waals surface area contributed by atoms with Crippen molar-refractivity contribution >= 4 is 59.9 Å². The van der Waals surface area contributed by atoms with Gasteiger partial charge in [-0.05, 0) is 162 Å². The van der Waals surface area contributed by atoms with Gasteiger partial charge in [-0.25, -0.2) is 33.6 Å². The lowest BCUT2D eigenvalue weighted by Crippen LogP contribution is -2.40. The van der Waals surface area contributed by atoms with Crippen molar-refractivity contribution in [3.05, 3.63) is 42.6 Å². The van der Waals surface area contributed by atoms with Crippen molar-refractivity contribution in [2.75, 3.05) is 79.0 Å². The number of rotatable bonds is 41. The smallest absolute Gasteiger partial charge is 0.407 e. The summed E-state index contributed by atoms with van der Waals surface area (Å²) in [4.78, 5) is 116. The molecule has 0 aromatic carbocycles.